The number of phenols is 1. The van der Waals surface area contributed by atoms with Crippen molar-refractivity contribution in [2.75, 3.05) is 26.1 Å². The Labute approximate surface area is 165 Å². The van der Waals surface area contributed by atoms with E-state index in [4.69, 9.17) is 14.2 Å². The van der Waals surface area contributed by atoms with E-state index in [0.717, 1.165) is 12.1 Å². The van der Waals surface area contributed by atoms with Crippen LogP contribution in [0, 0.1) is 10.1 Å². The number of aromatic hydroxyl groups is 1. The van der Waals surface area contributed by atoms with Gasteiger partial charge in [0.05, 0.1) is 30.9 Å². The number of benzene rings is 2. The summed E-state index contributed by atoms with van der Waals surface area (Å²) >= 11 is 0. The summed E-state index contributed by atoms with van der Waals surface area (Å²) in [6, 6.07) is 8.18. The molecule has 1 amide bonds. The molecule has 2 rings (SSSR count). The van der Waals surface area contributed by atoms with Gasteiger partial charge in [-0.2, -0.15) is 0 Å². The number of amides is 1. The molecule has 0 aliphatic carbocycles. The highest BCUT2D eigenvalue weighted by atomic mass is 16.6. The lowest BCUT2D eigenvalue weighted by Gasteiger charge is -2.09. The molecular formula is C19H18N2O8. The topological polar surface area (TPSA) is 137 Å². The number of carbonyl (C=O) groups is 2. The minimum absolute atomic E-state index is 0.0365. The maximum Gasteiger partial charge on any atom is 0.331 e. The van der Waals surface area contributed by atoms with Crippen LogP contribution < -0.4 is 14.8 Å². The third kappa shape index (κ3) is 5.96. The highest BCUT2D eigenvalue weighted by Gasteiger charge is 2.14. The number of carbonyl (C=O) groups excluding carboxylic acids is 2. The van der Waals surface area contributed by atoms with Crippen molar-refractivity contribution >= 4 is 29.3 Å². The fourth-order valence-electron chi connectivity index (χ4n) is 2.23. The molecule has 0 saturated carbocycles. The maximum atomic E-state index is 12.0. The van der Waals surface area contributed by atoms with Crippen molar-refractivity contribution in [2.24, 2.45) is 0 Å². The molecule has 2 aromatic rings. The Hall–Kier alpha value is -4.08. The van der Waals surface area contributed by atoms with Gasteiger partial charge in [-0.1, -0.05) is 6.07 Å². The van der Waals surface area contributed by atoms with Gasteiger partial charge >= 0.3 is 5.97 Å². The van der Waals surface area contributed by atoms with Gasteiger partial charge in [0.25, 0.3) is 11.6 Å². The zero-order chi connectivity index (χ0) is 21.4. The Morgan fingerprint density at radius 1 is 1.14 bits per heavy atom. The van der Waals surface area contributed by atoms with E-state index in [-0.39, 0.29) is 28.6 Å². The second kappa shape index (κ2) is 9.74. The van der Waals surface area contributed by atoms with E-state index in [0.29, 0.717) is 5.56 Å². The summed E-state index contributed by atoms with van der Waals surface area (Å²) in [6.45, 7) is -0.567. The molecule has 0 aliphatic rings. The van der Waals surface area contributed by atoms with E-state index in [1.54, 1.807) is 6.07 Å². The van der Waals surface area contributed by atoms with Crippen LogP contribution in [0.1, 0.15) is 5.56 Å². The number of nitro groups is 1. The second-order valence-electron chi connectivity index (χ2n) is 5.56. The van der Waals surface area contributed by atoms with Gasteiger partial charge in [-0.25, -0.2) is 4.79 Å². The summed E-state index contributed by atoms with van der Waals surface area (Å²) in [6.07, 6.45) is 2.55. The molecule has 0 heterocycles. The van der Waals surface area contributed by atoms with Crippen molar-refractivity contribution in [3.8, 4) is 17.2 Å². The molecule has 2 aromatic carbocycles. The largest absolute Gasteiger partial charge is 0.504 e. The Bertz CT molecular complexity index is 955. The minimum Gasteiger partial charge on any atom is -0.504 e. The van der Waals surface area contributed by atoms with Crippen molar-refractivity contribution in [1.29, 1.82) is 0 Å². The molecule has 0 unspecified atom stereocenters. The highest BCUT2D eigenvalue weighted by molar-refractivity contribution is 5.95. The number of nitrogens with zero attached hydrogens (tertiary/aromatic N) is 1. The molecule has 0 bridgehead atoms. The number of non-ortho nitro benzene ring substituents is 1. The van der Waals surface area contributed by atoms with Crippen LogP contribution in [0.4, 0.5) is 11.4 Å². The van der Waals surface area contributed by atoms with Crippen LogP contribution in [-0.4, -0.2) is 42.7 Å². The van der Waals surface area contributed by atoms with E-state index >= 15 is 0 Å². The molecule has 0 spiro atoms. The van der Waals surface area contributed by atoms with Gasteiger partial charge in [0, 0.05) is 12.1 Å². The fraction of sp³-hybridized carbons (Fsp3) is 0.158. The first kappa shape index (κ1) is 21.2. The molecular weight excluding hydrogens is 384 g/mol. The van der Waals surface area contributed by atoms with Crippen molar-refractivity contribution in [3.05, 3.63) is 58.2 Å². The number of methoxy groups -OCH3 is 2. The molecule has 0 aliphatic heterocycles. The molecule has 2 N–H and O–H groups in total. The highest BCUT2D eigenvalue weighted by Crippen LogP contribution is 2.29. The average molecular weight is 402 g/mol. The monoisotopic (exact) mass is 402 g/mol. The normalized spacial score (nSPS) is 10.4. The van der Waals surface area contributed by atoms with E-state index in [1.807, 2.05) is 0 Å². The number of nitrogens with one attached hydrogen (secondary N) is 1. The van der Waals surface area contributed by atoms with Gasteiger partial charge in [0.2, 0.25) is 0 Å². The predicted octanol–water partition coefficient (Wildman–Crippen LogP) is 2.51. The predicted molar refractivity (Wildman–Crippen MR) is 103 cm³/mol. The number of nitro benzene ring substituents is 1. The van der Waals surface area contributed by atoms with E-state index in [2.05, 4.69) is 5.32 Å². The molecule has 0 atom stereocenters. The van der Waals surface area contributed by atoms with E-state index in [1.165, 1.54) is 44.6 Å². The Morgan fingerprint density at radius 3 is 2.52 bits per heavy atom. The number of anilines is 1. The molecule has 0 fully saturated rings. The molecule has 10 nitrogen and oxygen atoms in total. The molecule has 10 heteroatoms. The lowest BCUT2D eigenvalue weighted by Crippen LogP contribution is -2.20. The number of esters is 1. The first-order chi connectivity index (χ1) is 13.8. The van der Waals surface area contributed by atoms with Crippen LogP contribution in [0.25, 0.3) is 6.08 Å². The second-order valence-corrected chi connectivity index (χ2v) is 5.56. The van der Waals surface area contributed by atoms with Gasteiger partial charge in [-0.05, 0) is 29.8 Å². The van der Waals surface area contributed by atoms with E-state index in [9.17, 15) is 24.8 Å². The molecule has 0 radical (unpaired) electrons. The number of hydrogen-bond donors (Lipinski definition) is 2. The van der Waals surface area contributed by atoms with Crippen LogP contribution >= 0.6 is 0 Å². The summed E-state index contributed by atoms with van der Waals surface area (Å²) in [5.41, 5.74) is 0.588. The molecule has 0 aromatic heterocycles. The fourth-order valence-corrected chi connectivity index (χ4v) is 2.23. The quantitative estimate of drug-likeness (QED) is 0.297. The minimum atomic E-state index is -0.761. The van der Waals surface area contributed by atoms with Gasteiger partial charge in [-0.3, -0.25) is 14.9 Å². The molecule has 152 valence electrons. The van der Waals surface area contributed by atoms with Crippen molar-refractivity contribution in [3.63, 3.8) is 0 Å². The van der Waals surface area contributed by atoms with Gasteiger partial charge in [0.15, 0.2) is 18.1 Å². The van der Waals surface area contributed by atoms with Crippen LogP contribution in [0.5, 0.6) is 17.2 Å². The SMILES string of the molecule is COc1cc(/C=C/C(=O)OCC(=O)Nc2ccc([N+](=O)[O-])cc2OC)ccc1O. The van der Waals surface area contributed by atoms with E-state index < -0.39 is 23.4 Å². The van der Waals surface area contributed by atoms with Crippen molar-refractivity contribution in [1.82, 2.24) is 0 Å². The first-order valence-corrected chi connectivity index (χ1v) is 8.18. The standard InChI is InChI=1S/C19H18N2O8/c1-27-16-10-13(21(25)26)5-6-14(16)20-18(23)11-29-19(24)8-4-12-3-7-15(22)17(9-12)28-2/h3-10,22H,11H2,1-2H3,(H,20,23)/b8-4+. The number of ether oxygens (including phenoxy) is 3. The molecule has 0 saturated heterocycles. The van der Waals surface area contributed by atoms with Crippen LogP contribution in [-0.2, 0) is 14.3 Å². The van der Waals surface area contributed by atoms with Crippen LogP contribution in [0.15, 0.2) is 42.5 Å². The lowest BCUT2D eigenvalue weighted by atomic mass is 10.2. The van der Waals surface area contributed by atoms with Crippen molar-refractivity contribution in [2.45, 2.75) is 0 Å². The molecule has 29 heavy (non-hydrogen) atoms. The third-order valence-electron chi connectivity index (χ3n) is 3.63. The third-order valence-corrected chi connectivity index (χ3v) is 3.63. The maximum absolute atomic E-state index is 12.0. The lowest BCUT2D eigenvalue weighted by molar-refractivity contribution is -0.384. The van der Waals surface area contributed by atoms with Crippen molar-refractivity contribution < 1.29 is 33.8 Å². The number of phenolic OH excluding ortho intramolecular Hbond substituents is 1. The Morgan fingerprint density at radius 2 is 1.86 bits per heavy atom. The van der Waals surface area contributed by atoms with Crippen LogP contribution in [0.2, 0.25) is 0 Å². The average Bonchev–Trinajstić information content (AvgIpc) is 2.71. The summed E-state index contributed by atoms with van der Waals surface area (Å²) in [5.74, 6) is -1.10. The van der Waals surface area contributed by atoms with Gasteiger partial charge in [0.1, 0.15) is 5.75 Å². The summed E-state index contributed by atoms with van der Waals surface area (Å²) < 4.78 is 14.8. The summed E-state index contributed by atoms with van der Waals surface area (Å²) in [4.78, 5) is 33.9. The first-order valence-electron chi connectivity index (χ1n) is 8.18. The summed E-state index contributed by atoms with van der Waals surface area (Å²) in [7, 11) is 2.70. The Kier molecular flexibility index (Phi) is 7.13. The smallest absolute Gasteiger partial charge is 0.331 e. The van der Waals surface area contributed by atoms with Gasteiger partial charge < -0.3 is 24.6 Å². The summed E-state index contributed by atoms with van der Waals surface area (Å²) in [5, 5.41) is 22.8. The van der Waals surface area contributed by atoms with Crippen LogP contribution in [0.3, 0.4) is 0 Å². The van der Waals surface area contributed by atoms with Gasteiger partial charge in [-0.15, -0.1) is 0 Å². The number of hydrogen-bond acceptors (Lipinski definition) is 8. The Balaban J connectivity index is 1.92. The number of rotatable bonds is 8. The zero-order valence-electron chi connectivity index (χ0n) is 15.6. The zero-order valence-corrected chi connectivity index (χ0v) is 15.6.